The van der Waals surface area contributed by atoms with E-state index in [-0.39, 0.29) is 5.69 Å². The molecule has 0 aliphatic heterocycles. The fourth-order valence-corrected chi connectivity index (χ4v) is 1.98. The Morgan fingerprint density at radius 2 is 1.59 bits per heavy atom. The molecule has 0 fully saturated rings. The van der Waals surface area contributed by atoms with Crippen molar-refractivity contribution in [3.8, 4) is 23.0 Å². The molecule has 6 heteroatoms. The van der Waals surface area contributed by atoms with Crippen LogP contribution in [0.25, 0.3) is 4.98 Å². The van der Waals surface area contributed by atoms with Crippen LogP contribution in [-0.2, 0) is 0 Å². The summed E-state index contributed by atoms with van der Waals surface area (Å²) >= 11 is 5.86. The van der Waals surface area contributed by atoms with Crippen LogP contribution in [-0.4, -0.2) is 13.2 Å². The molecule has 0 radical (unpaired) electrons. The Morgan fingerprint density at radius 1 is 0.955 bits per heavy atom. The van der Waals surface area contributed by atoms with E-state index in [0.29, 0.717) is 41.2 Å². The molecule has 114 valence electrons. The van der Waals surface area contributed by atoms with Gasteiger partial charge in [0.2, 0.25) is 11.1 Å². The highest BCUT2D eigenvalue weighted by Crippen LogP contribution is 2.41. The van der Waals surface area contributed by atoms with Crippen molar-refractivity contribution in [2.45, 2.75) is 13.8 Å². The minimum atomic E-state index is 0.286. The third-order valence-corrected chi connectivity index (χ3v) is 3.03. The molecule has 0 saturated heterocycles. The number of hydrogen-bond donors (Lipinski definition) is 0. The van der Waals surface area contributed by atoms with Crippen LogP contribution >= 0.6 is 11.6 Å². The van der Waals surface area contributed by atoms with Crippen molar-refractivity contribution in [3.63, 3.8) is 0 Å². The van der Waals surface area contributed by atoms with Crippen LogP contribution in [0.1, 0.15) is 13.8 Å². The lowest BCUT2D eigenvalue weighted by molar-refractivity contribution is 0.315. The molecule has 0 unspecified atom stereocenters. The molecule has 0 bridgehead atoms. The first-order chi connectivity index (χ1) is 10.7. The molecule has 0 N–H and O–H groups in total. The average Bonchev–Trinajstić information content (AvgIpc) is 2.52. The third kappa shape index (κ3) is 3.80. The number of rotatable bonds is 6. The average molecular weight is 320 g/mol. The fourth-order valence-electron chi connectivity index (χ4n) is 1.86. The van der Waals surface area contributed by atoms with E-state index in [1.807, 2.05) is 13.8 Å². The predicted molar refractivity (Wildman–Crippen MR) is 85.1 cm³/mol. The van der Waals surface area contributed by atoms with Crippen LogP contribution in [0.3, 0.4) is 0 Å². The predicted octanol–water partition coefficient (Wildman–Crippen LogP) is 5.41. The number of halogens is 1. The van der Waals surface area contributed by atoms with Gasteiger partial charge >= 0.3 is 5.69 Å². The van der Waals surface area contributed by atoms with Gasteiger partial charge in [0.1, 0.15) is 5.75 Å². The van der Waals surface area contributed by atoms with Crippen LogP contribution in [0.5, 0.6) is 23.0 Å². The first-order valence-corrected chi connectivity index (χ1v) is 7.27. The molecule has 0 aromatic heterocycles. The van der Waals surface area contributed by atoms with E-state index in [2.05, 4.69) is 4.98 Å². The highest BCUT2D eigenvalue weighted by atomic mass is 35.5. The van der Waals surface area contributed by atoms with Crippen LogP contribution in [0.15, 0.2) is 36.4 Å². The molecule has 5 nitrogen and oxygen atoms in total. The van der Waals surface area contributed by atoms with Gasteiger partial charge in [0.25, 0.3) is 0 Å². The minimum Gasteiger partial charge on any atom is -0.490 e. The quantitative estimate of drug-likeness (QED) is 0.667. The van der Waals surface area contributed by atoms with Gasteiger partial charge in [-0.3, -0.25) is 0 Å². The highest BCUT2D eigenvalue weighted by molar-refractivity contribution is 6.30. The Morgan fingerprint density at radius 3 is 2.18 bits per heavy atom. The van der Waals surface area contributed by atoms with Crippen molar-refractivity contribution in [3.05, 3.63) is 46.4 Å². The molecule has 2 aromatic rings. The maximum absolute atomic E-state index is 9.08. The highest BCUT2D eigenvalue weighted by Gasteiger charge is 2.22. The lowest BCUT2D eigenvalue weighted by Crippen LogP contribution is -1.97. The largest absolute Gasteiger partial charge is 0.490 e. The van der Waals surface area contributed by atoms with Gasteiger partial charge in [-0.05, 0) is 38.1 Å². The van der Waals surface area contributed by atoms with Crippen LogP contribution in [0.2, 0.25) is 5.02 Å². The van der Waals surface area contributed by atoms with Gasteiger partial charge in [-0.25, -0.2) is 0 Å². The van der Waals surface area contributed by atoms with E-state index in [1.54, 1.807) is 36.4 Å². The van der Waals surface area contributed by atoms with Gasteiger partial charge in [-0.1, -0.05) is 11.6 Å². The topological polar surface area (TPSA) is 55.8 Å². The standard InChI is InChI=1S/C16H16ClN2O3/c1-3-20-14-10-16(15(21-4-2)9-13(14)19-18)22-12-7-5-11(17)6-8-12/h5-10H,3-4H2,1-2H3/q+1. The summed E-state index contributed by atoms with van der Waals surface area (Å²) in [7, 11) is 0. The van der Waals surface area contributed by atoms with Crippen molar-refractivity contribution >= 4 is 17.3 Å². The lowest BCUT2D eigenvalue weighted by Gasteiger charge is -2.12. The Hall–Kier alpha value is -2.45. The van der Waals surface area contributed by atoms with E-state index in [4.69, 9.17) is 31.2 Å². The smallest absolute Gasteiger partial charge is 0.430 e. The van der Waals surface area contributed by atoms with Gasteiger partial charge in [0.05, 0.1) is 19.3 Å². The maximum Gasteiger partial charge on any atom is 0.430 e. The van der Waals surface area contributed by atoms with Crippen molar-refractivity contribution in [2.24, 2.45) is 0 Å². The second-order valence-corrected chi connectivity index (χ2v) is 4.73. The van der Waals surface area contributed by atoms with E-state index in [9.17, 15) is 0 Å². The van der Waals surface area contributed by atoms with Crippen LogP contribution in [0.4, 0.5) is 5.69 Å². The molecule has 22 heavy (non-hydrogen) atoms. The summed E-state index contributed by atoms with van der Waals surface area (Å²) in [5.41, 5.74) is 0.286. The van der Waals surface area contributed by atoms with Gasteiger partial charge in [0, 0.05) is 11.1 Å². The number of diazo groups is 1. The Bertz CT molecular complexity index is 681. The summed E-state index contributed by atoms with van der Waals surface area (Å²) in [6, 6.07) is 10.2. The van der Waals surface area contributed by atoms with Gasteiger partial charge in [0.15, 0.2) is 16.5 Å². The number of benzene rings is 2. The Kier molecular flexibility index (Phi) is 5.45. The number of nitrogens with zero attached hydrogens (tertiary/aromatic N) is 2. The number of ether oxygens (including phenoxy) is 3. The summed E-state index contributed by atoms with van der Waals surface area (Å²) in [5.74, 6) is 1.97. The summed E-state index contributed by atoms with van der Waals surface area (Å²) in [4.78, 5) is 3.21. The van der Waals surface area contributed by atoms with Gasteiger partial charge < -0.3 is 14.2 Å². The normalized spacial score (nSPS) is 9.91. The molecular formula is C16H16ClN2O3+. The lowest BCUT2D eigenvalue weighted by atomic mass is 10.2. The van der Waals surface area contributed by atoms with Crippen molar-refractivity contribution < 1.29 is 14.2 Å². The third-order valence-electron chi connectivity index (χ3n) is 2.77. The zero-order valence-corrected chi connectivity index (χ0v) is 13.1. The molecule has 0 heterocycles. The SMILES string of the molecule is CCOc1cc(Oc2ccc(Cl)cc2)c(OCC)cc1[N+]#N. The molecule has 0 saturated carbocycles. The second-order valence-electron chi connectivity index (χ2n) is 4.29. The molecule has 0 aliphatic carbocycles. The van der Waals surface area contributed by atoms with Gasteiger partial charge in [-0.2, -0.15) is 0 Å². The van der Waals surface area contributed by atoms with E-state index in [0.717, 1.165) is 0 Å². The zero-order chi connectivity index (χ0) is 15.9. The zero-order valence-electron chi connectivity index (χ0n) is 12.4. The summed E-state index contributed by atoms with van der Waals surface area (Å²) in [5, 5.41) is 9.71. The van der Waals surface area contributed by atoms with Crippen LogP contribution < -0.4 is 14.2 Å². The van der Waals surface area contributed by atoms with E-state index in [1.165, 1.54) is 0 Å². The van der Waals surface area contributed by atoms with E-state index < -0.39 is 0 Å². The van der Waals surface area contributed by atoms with Crippen molar-refractivity contribution in [2.75, 3.05) is 13.2 Å². The minimum absolute atomic E-state index is 0.286. The van der Waals surface area contributed by atoms with Crippen LogP contribution in [0, 0.1) is 5.39 Å². The monoisotopic (exact) mass is 319 g/mol. The fraction of sp³-hybridized carbons (Fsp3) is 0.250. The van der Waals surface area contributed by atoms with Gasteiger partial charge in [-0.15, -0.1) is 0 Å². The molecule has 2 rings (SSSR count). The molecule has 0 amide bonds. The maximum atomic E-state index is 9.08. The Labute approximate surface area is 134 Å². The van der Waals surface area contributed by atoms with Crippen molar-refractivity contribution in [1.29, 1.82) is 5.39 Å². The molecule has 0 aliphatic rings. The first-order valence-electron chi connectivity index (χ1n) is 6.90. The first kappa shape index (κ1) is 15.9. The number of hydrogen-bond acceptors (Lipinski definition) is 4. The molecular weight excluding hydrogens is 304 g/mol. The van der Waals surface area contributed by atoms with Crippen molar-refractivity contribution in [1.82, 2.24) is 0 Å². The Balaban J connectivity index is 2.40. The molecule has 0 atom stereocenters. The molecule has 2 aromatic carbocycles. The second kappa shape index (κ2) is 7.53. The summed E-state index contributed by atoms with van der Waals surface area (Å²) < 4.78 is 16.8. The van der Waals surface area contributed by atoms with E-state index >= 15 is 0 Å². The summed E-state index contributed by atoms with van der Waals surface area (Å²) in [6.45, 7) is 4.60. The molecule has 0 spiro atoms. The summed E-state index contributed by atoms with van der Waals surface area (Å²) in [6.07, 6.45) is 0.